The van der Waals surface area contributed by atoms with Crippen LogP contribution in [-0.4, -0.2) is 29.5 Å². The molecule has 3 rings (SSSR count). The third-order valence-corrected chi connectivity index (χ3v) is 5.40. The summed E-state index contributed by atoms with van der Waals surface area (Å²) in [4.78, 5) is 7.28. The van der Waals surface area contributed by atoms with Crippen LogP contribution < -0.4 is 5.32 Å². The molecule has 1 N–H and O–H groups in total. The fourth-order valence-electron chi connectivity index (χ4n) is 3.28. The van der Waals surface area contributed by atoms with Gasteiger partial charge in [0, 0.05) is 25.0 Å². The standard InChI is InChI=1S/C18H25N3S/c1-19-18-20-16(14-22-18)13-21-12-6-5-9-17(21)11-10-15-7-3-2-4-8-15/h2-4,7-8,14,17H,5-6,9-13H2,1H3,(H,19,20)/t17-/m0/s1. The molecule has 0 bridgehead atoms. The Morgan fingerprint density at radius 3 is 2.91 bits per heavy atom. The van der Waals surface area contributed by atoms with Crippen LogP contribution in [0.1, 0.15) is 36.9 Å². The van der Waals surface area contributed by atoms with Crippen LogP contribution in [0.25, 0.3) is 0 Å². The molecule has 0 aliphatic carbocycles. The third kappa shape index (κ3) is 4.08. The van der Waals surface area contributed by atoms with Crippen molar-refractivity contribution in [2.45, 2.75) is 44.7 Å². The van der Waals surface area contributed by atoms with Gasteiger partial charge in [-0.3, -0.25) is 4.90 Å². The summed E-state index contributed by atoms with van der Waals surface area (Å²) in [5.74, 6) is 0. The zero-order chi connectivity index (χ0) is 15.2. The van der Waals surface area contributed by atoms with Crippen molar-refractivity contribution in [3.8, 4) is 0 Å². The SMILES string of the molecule is CNc1nc(CN2CCCC[C@H]2CCc2ccccc2)cs1. The monoisotopic (exact) mass is 315 g/mol. The fraction of sp³-hybridized carbons (Fsp3) is 0.500. The van der Waals surface area contributed by atoms with Crippen molar-refractivity contribution < 1.29 is 0 Å². The molecule has 0 unspecified atom stereocenters. The molecule has 1 fully saturated rings. The topological polar surface area (TPSA) is 28.2 Å². The Morgan fingerprint density at radius 1 is 1.27 bits per heavy atom. The van der Waals surface area contributed by atoms with Crippen molar-refractivity contribution in [2.75, 3.05) is 18.9 Å². The number of aryl methyl sites for hydroxylation is 1. The number of likely N-dealkylation sites (tertiary alicyclic amines) is 1. The Kier molecular flexibility index (Phi) is 5.46. The van der Waals surface area contributed by atoms with E-state index >= 15 is 0 Å². The molecule has 0 saturated carbocycles. The van der Waals surface area contributed by atoms with Crippen LogP contribution >= 0.6 is 11.3 Å². The Morgan fingerprint density at radius 2 is 2.14 bits per heavy atom. The number of hydrogen-bond donors (Lipinski definition) is 1. The van der Waals surface area contributed by atoms with Gasteiger partial charge in [0.05, 0.1) is 5.69 Å². The van der Waals surface area contributed by atoms with E-state index in [0.29, 0.717) is 6.04 Å². The lowest BCUT2D eigenvalue weighted by Gasteiger charge is -2.35. The van der Waals surface area contributed by atoms with E-state index in [4.69, 9.17) is 0 Å². The molecule has 22 heavy (non-hydrogen) atoms. The molecule has 1 aromatic heterocycles. The summed E-state index contributed by atoms with van der Waals surface area (Å²) < 4.78 is 0. The van der Waals surface area contributed by atoms with Gasteiger partial charge in [-0.2, -0.15) is 0 Å². The Balaban J connectivity index is 1.58. The van der Waals surface area contributed by atoms with Gasteiger partial charge in [-0.05, 0) is 37.8 Å². The molecule has 0 amide bonds. The van der Waals surface area contributed by atoms with E-state index in [9.17, 15) is 0 Å². The van der Waals surface area contributed by atoms with Gasteiger partial charge in [-0.1, -0.05) is 36.8 Å². The lowest BCUT2D eigenvalue weighted by molar-refractivity contribution is 0.131. The van der Waals surface area contributed by atoms with Gasteiger partial charge >= 0.3 is 0 Å². The maximum Gasteiger partial charge on any atom is 0.182 e. The molecule has 2 heterocycles. The first-order valence-corrected chi connectivity index (χ1v) is 9.13. The zero-order valence-corrected chi connectivity index (χ0v) is 14.1. The van der Waals surface area contributed by atoms with E-state index in [1.54, 1.807) is 11.3 Å². The van der Waals surface area contributed by atoms with Crippen LogP contribution in [0, 0.1) is 0 Å². The van der Waals surface area contributed by atoms with E-state index in [2.05, 4.69) is 50.9 Å². The lowest BCUT2D eigenvalue weighted by atomic mass is 9.95. The molecule has 1 aliphatic heterocycles. The number of rotatable bonds is 6. The van der Waals surface area contributed by atoms with Crippen LogP contribution in [0.5, 0.6) is 0 Å². The summed E-state index contributed by atoms with van der Waals surface area (Å²) in [6.45, 7) is 2.21. The van der Waals surface area contributed by atoms with Crippen molar-refractivity contribution in [1.82, 2.24) is 9.88 Å². The fourth-order valence-corrected chi connectivity index (χ4v) is 3.94. The summed E-state index contributed by atoms with van der Waals surface area (Å²) >= 11 is 1.70. The van der Waals surface area contributed by atoms with Gasteiger partial charge in [-0.15, -0.1) is 11.3 Å². The highest BCUT2D eigenvalue weighted by Crippen LogP contribution is 2.24. The molecule has 118 valence electrons. The van der Waals surface area contributed by atoms with Crippen LogP contribution in [0.3, 0.4) is 0 Å². The summed E-state index contributed by atoms with van der Waals surface area (Å²) in [6, 6.07) is 11.6. The van der Waals surface area contributed by atoms with E-state index < -0.39 is 0 Å². The molecule has 0 radical (unpaired) electrons. The number of piperidine rings is 1. The summed E-state index contributed by atoms with van der Waals surface area (Å²) in [7, 11) is 1.94. The number of thiazole rings is 1. The number of anilines is 1. The van der Waals surface area contributed by atoms with E-state index in [1.165, 1.54) is 49.9 Å². The average Bonchev–Trinajstić information content (AvgIpc) is 3.03. The Labute approximate surface area is 137 Å². The molecule has 1 atom stereocenters. The molecule has 4 heteroatoms. The molecule has 0 spiro atoms. The number of aromatic nitrogens is 1. The minimum Gasteiger partial charge on any atom is -0.365 e. The second kappa shape index (κ2) is 7.75. The third-order valence-electron chi connectivity index (χ3n) is 4.49. The van der Waals surface area contributed by atoms with Crippen molar-refractivity contribution in [2.24, 2.45) is 0 Å². The van der Waals surface area contributed by atoms with Gasteiger partial charge in [-0.25, -0.2) is 4.98 Å². The van der Waals surface area contributed by atoms with E-state index in [-0.39, 0.29) is 0 Å². The largest absolute Gasteiger partial charge is 0.365 e. The highest BCUT2D eigenvalue weighted by atomic mass is 32.1. The normalized spacial score (nSPS) is 19.2. The average molecular weight is 315 g/mol. The highest BCUT2D eigenvalue weighted by Gasteiger charge is 2.22. The van der Waals surface area contributed by atoms with Crippen LogP contribution in [0.2, 0.25) is 0 Å². The molecule has 3 nitrogen and oxygen atoms in total. The summed E-state index contributed by atoms with van der Waals surface area (Å²) in [6.07, 6.45) is 6.46. The molecule has 1 saturated heterocycles. The highest BCUT2D eigenvalue weighted by molar-refractivity contribution is 7.13. The second-order valence-electron chi connectivity index (χ2n) is 6.04. The first-order valence-electron chi connectivity index (χ1n) is 8.25. The molecular formula is C18H25N3S. The molecule has 1 aromatic carbocycles. The van der Waals surface area contributed by atoms with Crippen molar-refractivity contribution in [1.29, 1.82) is 0 Å². The van der Waals surface area contributed by atoms with Crippen molar-refractivity contribution >= 4 is 16.5 Å². The second-order valence-corrected chi connectivity index (χ2v) is 6.90. The predicted octanol–water partition coefficient (Wildman–Crippen LogP) is 4.17. The van der Waals surface area contributed by atoms with Crippen LogP contribution in [0.4, 0.5) is 5.13 Å². The lowest BCUT2D eigenvalue weighted by Crippen LogP contribution is -2.39. The van der Waals surface area contributed by atoms with Gasteiger partial charge in [0.15, 0.2) is 5.13 Å². The Bertz CT molecular complexity index is 567. The number of hydrogen-bond acceptors (Lipinski definition) is 4. The molecule has 1 aliphatic rings. The Hall–Kier alpha value is -1.39. The van der Waals surface area contributed by atoms with Crippen molar-refractivity contribution in [3.05, 3.63) is 47.0 Å². The predicted molar refractivity (Wildman–Crippen MR) is 94.5 cm³/mol. The van der Waals surface area contributed by atoms with Gasteiger partial charge in [0.1, 0.15) is 0 Å². The number of nitrogens with one attached hydrogen (secondary N) is 1. The minimum absolute atomic E-state index is 0.702. The van der Waals surface area contributed by atoms with Gasteiger partial charge < -0.3 is 5.32 Å². The van der Waals surface area contributed by atoms with E-state index in [1.807, 2.05) is 7.05 Å². The van der Waals surface area contributed by atoms with Crippen molar-refractivity contribution in [3.63, 3.8) is 0 Å². The first kappa shape index (κ1) is 15.5. The number of benzene rings is 1. The molecule has 2 aromatic rings. The van der Waals surface area contributed by atoms with Gasteiger partial charge in [0.2, 0.25) is 0 Å². The van der Waals surface area contributed by atoms with Crippen LogP contribution in [0.15, 0.2) is 35.7 Å². The smallest absolute Gasteiger partial charge is 0.182 e. The quantitative estimate of drug-likeness (QED) is 0.867. The minimum atomic E-state index is 0.702. The summed E-state index contributed by atoms with van der Waals surface area (Å²) in [5, 5.41) is 6.34. The zero-order valence-electron chi connectivity index (χ0n) is 13.3. The van der Waals surface area contributed by atoms with E-state index in [0.717, 1.165) is 11.7 Å². The number of nitrogens with zero attached hydrogens (tertiary/aromatic N) is 2. The maximum atomic E-state index is 4.64. The maximum absolute atomic E-state index is 4.64. The van der Waals surface area contributed by atoms with Crippen LogP contribution in [-0.2, 0) is 13.0 Å². The van der Waals surface area contributed by atoms with Gasteiger partial charge in [0.25, 0.3) is 0 Å². The summed E-state index contributed by atoms with van der Waals surface area (Å²) in [5.41, 5.74) is 2.67. The molecular weight excluding hydrogens is 290 g/mol. The first-order chi connectivity index (χ1) is 10.8.